The van der Waals surface area contributed by atoms with Gasteiger partial charge in [-0.3, -0.25) is 4.79 Å². The molecule has 0 aromatic rings. The smallest absolute Gasteiger partial charge is 0.220 e. The summed E-state index contributed by atoms with van der Waals surface area (Å²) in [4.78, 5) is 13.4. The second kappa shape index (κ2) is 71.6. The molecule has 103 heavy (non-hydrogen) atoms. The number of ether oxygens (including phenoxy) is 4. The molecule has 14 heteroatoms. The van der Waals surface area contributed by atoms with Crippen LogP contribution in [0.15, 0.2) is 109 Å². The molecule has 12 unspecified atom stereocenters. The lowest BCUT2D eigenvalue weighted by Gasteiger charge is -2.46. The number of carbonyl (C=O) groups is 1. The van der Waals surface area contributed by atoms with Crippen LogP contribution in [0.25, 0.3) is 0 Å². The van der Waals surface area contributed by atoms with Gasteiger partial charge in [-0.25, -0.2) is 0 Å². The molecule has 0 radical (unpaired) electrons. The molecule has 0 aliphatic carbocycles. The van der Waals surface area contributed by atoms with Crippen LogP contribution in [0.5, 0.6) is 0 Å². The predicted molar refractivity (Wildman–Crippen MR) is 429 cm³/mol. The van der Waals surface area contributed by atoms with E-state index in [0.29, 0.717) is 12.8 Å². The second-order valence-electron chi connectivity index (χ2n) is 29.6. The summed E-state index contributed by atoms with van der Waals surface area (Å²) >= 11 is 0. The number of unbranched alkanes of at least 4 members (excludes halogenated alkanes) is 40. The first kappa shape index (κ1) is 95.7. The third-order valence-electron chi connectivity index (χ3n) is 20.3. The van der Waals surface area contributed by atoms with Gasteiger partial charge in [-0.05, 0) is 83.5 Å². The number of aliphatic hydroxyl groups excluding tert-OH is 8. The zero-order valence-corrected chi connectivity index (χ0v) is 65.5. The van der Waals surface area contributed by atoms with Gasteiger partial charge >= 0.3 is 0 Å². The van der Waals surface area contributed by atoms with E-state index in [1.807, 2.05) is 0 Å². The summed E-state index contributed by atoms with van der Waals surface area (Å²) in [6.07, 6.45) is 87.0. The summed E-state index contributed by atoms with van der Waals surface area (Å²) in [7, 11) is 0. The van der Waals surface area contributed by atoms with Crippen molar-refractivity contribution in [2.45, 2.75) is 428 Å². The highest BCUT2D eigenvalue weighted by atomic mass is 16.7. The first-order valence-electron chi connectivity index (χ1n) is 42.6. The van der Waals surface area contributed by atoms with Crippen molar-refractivity contribution in [3.05, 3.63) is 109 Å². The van der Waals surface area contributed by atoms with Crippen molar-refractivity contribution in [1.82, 2.24) is 5.32 Å². The van der Waals surface area contributed by atoms with E-state index >= 15 is 0 Å². The first-order valence-corrected chi connectivity index (χ1v) is 42.6. The zero-order valence-electron chi connectivity index (χ0n) is 65.5. The van der Waals surface area contributed by atoms with Gasteiger partial charge in [-0.2, -0.15) is 0 Å². The molecule has 2 fully saturated rings. The number of hydrogen-bond donors (Lipinski definition) is 9. The molecular formula is C89H157NO13. The second-order valence-corrected chi connectivity index (χ2v) is 29.6. The van der Waals surface area contributed by atoms with E-state index in [1.54, 1.807) is 0 Å². The third-order valence-corrected chi connectivity index (χ3v) is 20.3. The summed E-state index contributed by atoms with van der Waals surface area (Å²) in [5.41, 5.74) is 0. The molecule has 2 aliphatic rings. The highest BCUT2D eigenvalue weighted by molar-refractivity contribution is 5.76. The average Bonchev–Trinajstić information content (AvgIpc) is 0.791. The number of hydrogen-bond acceptors (Lipinski definition) is 13. The van der Waals surface area contributed by atoms with Crippen LogP contribution in [0.4, 0.5) is 0 Å². The molecular weight excluding hydrogens is 1290 g/mol. The Kier molecular flexibility index (Phi) is 66.5. The van der Waals surface area contributed by atoms with Crippen LogP contribution in [-0.2, 0) is 23.7 Å². The van der Waals surface area contributed by atoms with E-state index in [1.165, 1.54) is 212 Å². The molecule has 2 saturated heterocycles. The highest BCUT2D eigenvalue weighted by Gasteiger charge is 2.51. The van der Waals surface area contributed by atoms with Gasteiger partial charge < -0.3 is 65.1 Å². The highest BCUT2D eigenvalue weighted by Crippen LogP contribution is 2.30. The van der Waals surface area contributed by atoms with Gasteiger partial charge in [0, 0.05) is 6.42 Å². The maximum Gasteiger partial charge on any atom is 0.220 e. The number of rotatable bonds is 71. The molecule has 0 aromatic carbocycles. The Morgan fingerprint density at radius 3 is 1.03 bits per heavy atom. The van der Waals surface area contributed by atoms with Gasteiger partial charge in [0.05, 0.1) is 32.0 Å². The lowest BCUT2D eigenvalue weighted by molar-refractivity contribution is -0.359. The maximum atomic E-state index is 13.4. The number of allylic oxidation sites excluding steroid dienone is 18. The summed E-state index contributed by atoms with van der Waals surface area (Å²) in [6, 6.07) is -0.837. The first-order chi connectivity index (χ1) is 50.6. The molecule has 0 aromatic heterocycles. The molecule has 596 valence electrons. The Bertz CT molecular complexity index is 2150. The lowest BCUT2D eigenvalue weighted by Crippen LogP contribution is -2.65. The van der Waals surface area contributed by atoms with E-state index in [0.717, 1.165) is 116 Å². The SMILES string of the molecule is CC/C=C\C/C=C\C/C=C\C/C=C\C/C=C\C/C=C\C/C=C\C/C=C\C/C=C\CCCCCCCCCCCCCCCC(=O)NC(COC1OC(CO)C(OC2OC(CO)C(O)C(O)C2O)C(O)C1O)C(O)CCCCCCCCCCCCCCCCCCCCCCCCCCCCCC. The normalized spacial score (nSPS) is 22.1. The van der Waals surface area contributed by atoms with E-state index in [9.17, 15) is 45.6 Å². The van der Waals surface area contributed by atoms with E-state index < -0.39 is 86.8 Å². The standard InChI is InChI=1S/C89H157NO13/c1-3-5-7-9-11-13-15-17-19-21-23-25-27-29-31-33-34-35-36-37-38-39-40-41-42-43-44-45-47-49-51-53-55-57-59-61-63-65-67-69-71-73-81(94)90-77(76-100-88-86(99)84(97)87(80(75-92)102-88)103-89-85(98)83(96)82(95)79(74-91)101-89)78(93)72-70-68-66-64-62-60-58-56-54-52-50-48-46-32-30-28-26-24-22-20-18-16-14-12-10-8-6-4-2/h5,7,11,13,17,19,23,25,29,31,34-35,37-38,40-41,43-44,77-80,82-89,91-93,95-99H,3-4,6,8-10,12,14-16,18,20-22,24,26-28,30,32-33,36,39,42,45-76H2,1-2H3,(H,90,94)/b7-5-,13-11-,19-17-,25-23-,31-29-,35-34-,38-37-,41-40-,44-43-. The minimum atomic E-state index is -1.79. The summed E-state index contributed by atoms with van der Waals surface area (Å²) in [5, 5.41) is 88.0. The monoisotopic (exact) mass is 1450 g/mol. The predicted octanol–water partition coefficient (Wildman–Crippen LogP) is 20.2. The van der Waals surface area contributed by atoms with Crippen LogP contribution in [0.1, 0.15) is 354 Å². The minimum Gasteiger partial charge on any atom is -0.394 e. The molecule has 12 atom stereocenters. The van der Waals surface area contributed by atoms with Crippen molar-refractivity contribution >= 4 is 5.91 Å². The lowest BCUT2D eigenvalue weighted by atomic mass is 9.97. The molecule has 0 bridgehead atoms. The van der Waals surface area contributed by atoms with Crippen LogP contribution in [-0.4, -0.2) is 140 Å². The van der Waals surface area contributed by atoms with Crippen LogP contribution in [0.2, 0.25) is 0 Å². The van der Waals surface area contributed by atoms with E-state index in [4.69, 9.17) is 18.9 Å². The Balaban J connectivity index is 1.59. The molecule has 9 N–H and O–H groups in total. The van der Waals surface area contributed by atoms with E-state index in [-0.39, 0.29) is 12.5 Å². The van der Waals surface area contributed by atoms with Crippen molar-refractivity contribution in [2.24, 2.45) is 0 Å². The van der Waals surface area contributed by atoms with Crippen molar-refractivity contribution in [3.63, 3.8) is 0 Å². The molecule has 1 amide bonds. The minimum absolute atomic E-state index is 0.206. The number of carbonyl (C=O) groups excluding carboxylic acids is 1. The Hall–Kier alpha value is -3.35. The average molecular weight is 1450 g/mol. The fourth-order valence-corrected chi connectivity index (χ4v) is 13.6. The third kappa shape index (κ3) is 54.0. The summed E-state index contributed by atoms with van der Waals surface area (Å²) in [5.74, 6) is -0.206. The Morgan fingerprint density at radius 1 is 0.359 bits per heavy atom. The zero-order chi connectivity index (χ0) is 74.4. The molecule has 2 rings (SSSR count). The van der Waals surface area contributed by atoms with Crippen molar-refractivity contribution < 1.29 is 64.6 Å². The summed E-state index contributed by atoms with van der Waals surface area (Å²) < 4.78 is 23.0. The molecule has 2 aliphatic heterocycles. The Labute approximate surface area is 629 Å². The van der Waals surface area contributed by atoms with Crippen molar-refractivity contribution in [2.75, 3.05) is 19.8 Å². The molecule has 2 heterocycles. The molecule has 0 saturated carbocycles. The molecule has 14 nitrogen and oxygen atoms in total. The van der Waals surface area contributed by atoms with Gasteiger partial charge in [0.25, 0.3) is 0 Å². The van der Waals surface area contributed by atoms with Gasteiger partial charge in [0.15, 0.2) is 12.6 Å². The fraction of sp³-hybridized carbons (Fsp3) is 0.787. The van der Waals surface area contributed by atoms with Crippen LogP contribution in [0.3, 0.4) is 0 Å². The maximum absolute atomic E-state index is 13.4. The van der Waals surface area contributed by atoms with Crippen LogP contribution >= 0.6 is 0 Å². The molecule has 0 spiro atoms. The number of aliphatic hydroxyl groups is 8. The Morgan fingerprint density at radius 2 is 0.670 bits per heavy atom. The quantitative estimate of drug-likeness (QED) is 0.0204. The van der Waals surface area contributed by atoms with Crippen LogP contribution in [0, 0.1) is 0 Å². The van der Waals surface area contributed by atoms with Crippen molar-refractivity contribution in [1.29, 1.82) is 0 Å². The van der Waals surface area contributed by atoms with Crippen LogP contribution < -0.4 is 5.32 Å². The number of nitrogens with one attached hydrogen (secondary N) is 1. The van der Waals surface area contributed by atoms with Gasteiger partial charge in [-0.15, -0.1) is 0 Å². The van der Waals surface area contributed by atoms with Gasteiger partial charge in [0.2, 0.25) is 5.91 Å². The van der Waals surface area contributed by atoms with E-state index in [2.05, 4.69) is 129 Å². The number of amides is 1. The largest absolute Gasteiger partial charge is 0.394 e. The van der Waals surface area contributed by atoms with Gasteiger partial charge in [-0.1, -0.05) is 374 Å². The summed E-state index contributed by atoms with van der Waals surface area (Å²) in [6.45, 7) is 2.79. The topological polar surface area (TPSA) is 228 Å². The fourth-order valence-electron chi connectivity index (χ4n) is 13.6. The van der Waals surface area contributed by atoms with Gasteiger partial charge in [0.1, 0.15) is 48.8 Å². The van der Waals surface area contributed by atoms with Crippen molar-refractivity contribution in [3.8, 4) is 0 Å².